The molecule has 2 aromatic rings. The SMILES string of the molecule is CC(NC(=O)C(C)(C)C)C(=O)NCc1cn2ccsc2n1. The van der Waals surface area contributed by atoms with Gasteiger partial charge < -0.3 is 10.6 Å². The van der Waals surface area contributed by atoms with Crippen LogP contribution in [0.15, 0.2) is 17.8 Å². The van der Waals surface area contributed by atoms with Gasteiger partial charge in [-0.05, 0) is 6.92 Å². The first-order valence-electron chi connectivity index (χ1n) is 6.77. The van der Waals surface area contributed by atoms with Gasteiger partial charge in [0.05, 0.1) is 12.2 Å². The van der Waals surface area contributed by atoms with E-state index in [1.807, 2.05) is 42.9 Å². The van der Waals surface area contributed by atoms with Gasteiger partial charge >= 0.3 is 0 Å². The average molecular weight is 308 g/mol. The second kappa shape index (κ2) is 5.85. The van der Waals surface area contributed by atoms with E-state index in [-0.39, 0.29) is 11.8 Å². The number of aromatic nitrogens is 2. The zero-order valence-electron chi connectivity index (χ0n) is 12.6. The minimum absolute atomic E-state index is 0.146. The molecule has 0 aromatic carbocycles. The molecule has 2 rings (SSSR count). The summed E-state index contributed by atoms with van der Waals surface area (Å²) >= 11 is 1.54. The smallest absolute Gasteiger partial charge is 0.242 e. The van der Waals surface area contributed by atoms with Crippen LogP contribution in [-0.4, -0.2) is 27.2 Å². The van der Waals surface area contributed by atoms with E-state index in [9.17, 15) is 9.59 Å². The van der Waals surface area contributed by atoms with Crippen LogP contribution in [0.4, 0.5) is 0 Å². The number of amides is 2. The molecule has 2 aromatic heterocycles. The quantitative estimate of drug-likeness (QED) is 0.900. The molecular formula is C14H20N4O2S. The zero-order valence-corrected chi connectivity index (χ0v) is 13.5. The van der Waals surface area contributed by atoms with E-state index < -0.39 is 11.5 Å². The predicted molar refractivity (Wildman–Crippen MR) is 82.0 cm³/mol. The lowest BCUT2D eigenvalue weighted by Gasteiger charge is -2.21. The van der Waals surface area contributed by atoms with Gasteiger partial charge in [-0.2, -0.15) is 0 Å². The number of nitrogens with zero attached hydrogens (tertiary/aromatic N) is 2. The first kappa shape index (κ1) is 15.5. The molecule has 0 radical (unpaired) electrons. The van der Waals surface area contributed by atoms with Crippen LogP contribution in [0, 0.1) is 5.41 Å². The molecule has 2 amide bonds. The highest BCUT2D eigenvalue weighted by atomic mass is 32.1. The number of hydrogen-bond donors (Lipinski definition) is 2. The lowest BCUT2D eigenvalue weighted by molar-refractivity contribution is -0.133. The lowest BCUT2D eigenvalue weighted by Crippen LogP contribution is -2.48. The molecule has 21 heavy (non-hydrogen) atoms. The van der Waals surface area contributed by atoms with Gasteiger partial charge in [0, 0.05) is 23.2 Å². The van der Waals surface area contributed by atoms with E-state index in [1.165, 1.54) is 0 Å². The van der Waals surface area contributed by atoms with E-state index in [0.29, 0.717) is 6.54 Å². The fourth-order valence-corrected chi connectivity index (χ4v) is 2.39. The van der Waals surface area contributed by atoms with Crippen molar-refractivity contribution in [3.8, 4) is 0 Å². The highest BCUT2D eigenvalue weighted by Crippen LogP contribution is 2.13. The van der Waals surface area contributed by atoms with Gasteiger partial charge in [-0.3, -0.25) is 14.0 Å². The molecule has 0 aliphatic carbocycles. The van der Waals surface area contributed by atoms with Crippen LogP contribution >= 0.6 is 11.3 Å². The summed E-state index contributed by atoms with van der Waals surface area (Å²) in [5.41, 5.74) is 0.285. The van der Waals surface area contributed by atoms with Crippen LogP contribution in [-0.2, 0) is 16.1 Å². The Balaban J connectivity index is 1.86. The molecule has 0 aliphatic rings. The van der Waals surface area contributed by atoms with Crippen molar-refractivity contribution in [2.24, 2.45) is 5.41 Å². The van der Waals surface area contributed by atoms with Crippen LogP contribution in [0.1, 0.15) is 33.4 Å². The summed E-state index contributed by atoms with van der Waals surface area (Å²) in [7, 11) is 0. The molecule has 2 N–H and O–H groups in total. The number of rotatable bonds is 4. The fourth-order valence-electron chi connectivity index (χ4n) is 1.67. The number of carbonyl (C=O) groups excluding carboxylic acids is 2. The van der Waals surface area contributed by atoms with Crippen LogP contribution in [0.25, 0.3) is 4.96 Å². The van der Waals surface area contributed by atoms with Crippen LogP contribution in [0.2, 0.25) is 0 Å². The van der Waals surface area contributed by atoms with Crippen LogP contribution in [0.3, 0.4) is 0 Å². The predicted octanol–water partition coefficient (Wildman–Crippen LogP) is 1.56. The number of fused-ring (bicyclic) bond motifs is 1. The van der Waals surface area contributed by atoms with Crippen molar-refractivity contribution < 1.29 is 9.59 Å². The van der Waals surface area contributed by atoms with Gasteiger partial charge in [0.25, 0.3) is 0 Å². The van der Waals surface area contributed by atoms with Crippen LogP contribution in [0.5, 0.6) is 0 Å². The molecule has 0 bridgehead atoms. The number of nitrogens with one attached hydrogen (secondary N) is 2. The Bertz CT molecular complexity index is 625. The van der Waals surface area contributed by atoms with Crippen molar-refractivity contribution in [1.29, 1.82) is 0 Å². The summed E-state index contributed by atoms with van der Waals surface area (Å²) in [6, 6.07) is -0.569. The molecule has 0 fully saturated rings. The number of hydrogen-bond acceptors (Lipinski definition) is 4. The van der Waals surface area contributed by atoms with Gasteiger partial charge in [0.1, 0.15) is 6.04 Å². The minimum atomic E-state index is -0.569. The average Bonchev–Trinajstić information content (AvgIpc) is 2.94. The van der Waals surface area contributed by atoms with E-state index >= 15 is 0 Å². The Hall–Kier alpha value is -1.89. The summed E-state index contributed by atoms with van der Waals surface area (Å²) in [6.07, 6.45) is 3.80. The maximum absolute atomic E-state index is 12.0. The first-order chi connectivity index (χ1) is 9.77. The Morgan fingerprint density at radius 1 is 1.43 bits per heavy atom. The topological polar surface area (TPSA) is 75.5 Å². The van der Waals surface area contributed by atoms with E-state index in [1.54, 1.807) is 18.3 Å². The summed E-state index contributed by atoms with van der Waals surface area (Å²) in [5, 5.41) is 7.44. The highest BCUT2D eigenvalue weighted by Gasteiger charge is 2.24. The third-order valence-electron chi connectivity index (χ3n) is 3.01. The fraction of sp³-hybridized carbons (Fsp3) is 0.500. The zero-order chi connectivity index (χ0) is 15.6. The van der Waals surface area contributed by atoms with Gasteiger partial charge in [-0.1, -0.05) is 20.8 Å². The van der Waals surface area contributed by atoms with Gasteiger partial charge in [0.2, 0.25) is 11.8 Å². The van der Waals surface area contributed by atoms with Crippen molar-refractivity contribution in [2.45, 2.75) is 40.3 Å². The minimum Gasteiger partial charge on any atom is -0.349 e. The summed E-state index contributed by atoms with van der Waals surface area (Å²) in [4.78, 5) is 29.1. The Kier molecular flexibility index (Phi) is 4.32. The maximum Gasteiger partial charge on any atom is 0.242 e. The van der Waals surface area contributed by atoms with Crippen molar-refractivity contribution >= 4 is 28.1 Å². The summed E-state index contributed by atoms with van der Waals surface area (Å²) in [5.74, 6) is -0.364. The monoisotopic (exact) mass is 308 g/mol. The Labute approximate surface area is 127 Å². The van der Waals surface area contributed by atoms with Gasteiger partial charge in [-0.15, -0.1) is 11.3 Å². The van der Waals surface area contributed by atoms with E-state index in [2.05, 4.69) is 15.6 Å². The standard InChI is InChI=1S/C14H20N4O2S/c1-9(16-12(20)14(2,3)4)11(19)15-7-10-8-18-5-6-21-13(18)17-10/h5-6,8-9H,7H2,1-4H3,(H,15,19)(H,16,20). The second-order valence-electron chi connectivity index (χ2n) is 5.99. The summed E-state index contributed by atoms with van der Waals surface area (Å²) < 4.78 is 1.91. The molecule has 0 saturated carbocycles. The molecule has 7 heteroatoms. The Morgan fingerprint density at radius 2 is 2.14 bits per heavy atom. The Morgan fingerprint density at radius 3 is 2.76 bits per heavy atom. The molecule has 6 nitrogen and oxygen atoms in total. The number of imidazole rings is 1. The maximum atomic E-state index is 12.0. The van der Waals surface area contributed by atoms with Crippen molar-refractivity contribution in [2.75, 3.05) is 0 Å². The largest absolute Gasteiger partial charge is 0.349 e. The molecule has 0 spiro atoms. The molecule has 0 saturated heterocycles. The van der Waals surface area contributed by atoms with E-state index in [0.717, 1.165) is 10.7 Å². The van der Waals surface area contributed by atoms with Gasteiger partial charge in [-0.25, -0.2) is 4.98 Å². The lowest BCUT2D eigenvalue weighted by atomic mass is 9.95. The normalized spacial score (nSPS) is 13.1. The third-order valence-corrected chi connectivity index (χ3v) is 3.78. The third kappa shape index (κ3) is 3.81. The second-order valence-corrected chi connectivity index (χ2v) is 6.86. The van der Waals surface area contributed by atoms with E-state index in [4.69, 9.17) is 0 Å². The molecule has 2 heterocycles. The number of carbonyl (C=O) groups is 2. The number of thiazole rings is 1. The molecular weight excluding hydrogens is 288 g/mol. The van der Waals surface area contributed by atoms with Crippen molar-refractivity contribution in [3.63, 3.8) is 0 Å². The molecule has 1 unspecified atom stereocenters. The van der Waals surface area contributed by atoms with Gasteiger partial charge in [0.15, 0.2) is 4.96 Å². The first-order valence-corrected chi connectivity index (χ1v) is 7.65. The molecule has 1 atom stereocenters. The van der Waals surface area contributed by atoms with Crippen LogP contribution < -0.4 is 10.6 Å². The van der Waals surface area contributed by atoms with Crippen molar-refractivity contribution in [3.05, 3.63) is 23.5 Å². The molecule has 0 aliphatic heterocycles. The summed E-state index contributed by atoms with van der Waals surface area (Å²) in [6.45, 7) is 7.45. The van der Waals surface area contributed by atoms with Crippen molar-refractivity contribution in [1.82, 2.24) is 20.0 Å². The highest BCUT2D eigenvalue weighted by molar-refractivity contribution is 7.15. The molecule has 114 valence electrons.